The van der Waals surface area contributed by atoms with Crippen LogP contribution in [0.15, 0.2) is 18.2 Å². The molecule has 0 bridgehead atoms. The number of amides is 1. The normalized spacial score (nSPS) is 18.9. The van der Waals surface area contributed by atoms with E-state index in [1.165, 1.54) is 25.3 Å². The van der Waals surface area contributed by atoms with Crippen molar-refractivity contribution in [2.45, 2.75) is 44.3 Å². The van der Waals surface area contributed by atoms with Crippen LogP contribution in [-0.4, -0.2) is 54.7 Å². The Kier molecular flexibility index (Phi) is 7.81. The molecule has 0 spiro atoms. The third kappa shape index (κ3) is 6.46. The second kappa shape index (κ2) is 10.2. The molecule has 1 aromatic rings. The number of carbonyl (C=O) groups is 1. The van der Waals surface area contributed by atoms with Gasteiger partial charge in [0.2, 0.25) is 0 Å². The SMILES string of the molecule is O=C(C[NH+]1CCN(C(=S)NC2CCCCC2)CC1)Nc1ccc(Cl)c(C(F)(F)F)c1. The van der Waals surface area contributed by atoms with Gasteiger partial charge in [-0.1, -0.05) is 30.9 Å². The van der Waals surface area contributed by atoms with Crippen molar-refractivity contribution >= 4 is 40.5 Å². The number of anilines is 1. The first kappa shape index (κ1) is 23.1. The fraction of sp³-hybridized carbons (Fsp3) is 0.600. The Morgan fingerprint density at radius 2 is 1.87 bits per heavy atom. The number of hydrogen-bond donors (Lipinski definition) is 3. The zero-order valence-corrected chi connectivity index (χ0v) is 18.2. The number of halogens is 4. The highest BCUT2D eigenvalue weighted by Crippen LogP contribution is 2.36. The van der Waals surface area contributed by atoms with Crippen molar-refractivity contribution in [3.63, 3.8) is 0 Å². The lowest BCUT2D eigenvalue weighted by molar-refractivity contribution is -0.895. The average Bonchev–Trinajstić information content (AvgIpc) is 2.70. The lowest BCUT2D eigenvalue weighted by Crippen LogP contribution is -3.15. The van der Waals surface area contributed by atoms with Gasteiger partial charge in [0.05, 0.1) is 36.8 Å². The topological polar surface area (TPSA) is 48.8 Å². The molecule has 166 valence electrons. The van der Waals surface area contributed by atoms with Gasteiger partial charge in [-0.2, -0.15) is 13.2 Å². The molecule has 0 aromatic heterocycles. The summed E-state index contributed by atoms with van der Waals surface area (Å²) in [5.41, 5.74) is -0.866. The molecule has 1 aliphatic heterocycles. The van der Waals surface area contributed by atoms with E-state index in [0.717, 1.165) is 61.2 Å². The molecule has 1 heterocycles. The van der Waals surface area contributed by atoms with Crippen LogP contribution in [0.25, 0.3) is 0 Å². The number of rotatable bonds is 4. The molecule has 10 heteroatoms. The molecule has 30 heavy (non-hydrogen) atoms. The molecule has 1 saturated carbocycles. The summed E-state index contributed by atoms with van der Waals surface area (Å²) in [7, 11) is 0. The van der Waals surface area contributed by atoms with Crippen LogP contribution in [0.1, 0.15) is 37.7 Å². The highest BCUT2D eigenvalue weighted by Gasteiger charge is 2.33. The first-order chi connectivity index (χ1) is 14.2. The molecule has 5 nitrogen and oxygen atoms in total. The number of nitrogens with one attached hydrogen (secondary N) is 3. The summed E-state index contributed by atoms with van der Waals surface area (Å²) in [5.74, 6) is -0.322. The molecule has 3 N–H and O–H groups in total. The van der Waals surface area contributed by atoms with Crippen LogP contribution in [0.5, 0.6) is 0 Å². The Bertz CT molecular complexity index is 763. The van der Waals surface area contributed by atoms with Crippen molar-refractivity contribution in [2.24, 2.45) is 0 Å². The number of alkyl halides is 3. The van der Waals surface area contributed by atoms with Crippen molar-refractivity contribution in [3.05, 3.63) is 28.8 Å². The Morgan fingerprint density at radius 3 is 2.50 bits per heavy atom. The second-order valence-electron chi connectivity index (χ2n) is 7.94. The number of benzene rings is 1. The molecular formula is C20H27ClF3N4OS+. The summed E-state index contributed by atoms with van der Waals surface area (Å²) in [6.07, 6.45) is 1.53. The van der Waals surface area contributed by atoms with Crippen LogP contribution in [0.3, 0.4) is 0 Å². The molecule has 1 aromatic carbocycles. The lowest BCUT2D eigenvalue weighted by atomic mass is 9.96. The fourth-order valence-corrected chi connectivity index (χ4v) is 4.54. The van der Waals surface area contributed by atoms with Gasteiger partial charge in [-0.3, -0.25) is 4.79 Å². The summed E-state index contributed by atoms with van der Waals surface area (Å²) in [6.45, 7) is 3.18. The summed E-state index contributed by atoms with van der Waals surface area (Å²) < 4.78 is 38.9. The second-order valence-corrected chi connectivity index (χ2v) is 8.73. The Morgan fingerprint density at radius 1 is 1.20 bits per heavy atom. The van der Waals surface area contributed by atoms with Gasteiger partial charge in [-0.25, -0.2) is 0 Å². The van der Waals surface area contributed by atoms with E-state index in [-0.39, 0.29) is 23.2 Å². The monoisotopic (exact) mass is 463 g/mol. The summed E-state index contributed by atoms with van der Waals surface area (Å²) in [5, 5.41) is 6.41. The molecule has 0 unspecified atom stereocenters. The fourth-order valence-electron chi connectivity index (χ4n) is 3.97. The van der Waals surface area contributed by atoms with Crippen LogP contribution < -0.4 is 15.5 Å². The van der Waals surface area contributed by atoms with E-state index < -0.39 is 11.7 Å². The van der Waals surface area contributed by atoms with Gasteiger partial charge < -0.3 is 20.4 Å². The van der Waals surface area contributed by atoms with Gasteiger partial charge in [0.15, 0.2) is 11.7 Å². The van der Waals surface area contributed by atoms with Crippen molar-refractivity contribution in [1.29, 1.82) is 0 Å². The smallest absolute Gasteiger partial charge is 0.360 e. The van der Waals surface area contributed by atoms with Gasteiger partial charge in [0.1, 0.15) is 0 Å². The molecule has 0 atom stereocenters. The maximum atomic E-state index is 13.0. The molecule has 1 saturated heterocycles. The maximum Gasteiger partial charge on any atom is 0.417 e. The Labute approximate surface area is 184 Å². The Balaban J connectivity index is 1.44. The van der Waals surface area contributed by atoms with Crippen LogP contribution in [0.2, 0.25) is 5.02 Å². The zero-order chi connectivity index (χ0) is 21.7. The van der Waals surface area contributed by atoms with E-state index >= 15 is 0 Å². The number of thiocarbonyl (C=S) groups is 1. The van der Waals surface area contributed by atoms with E-state index in [1.54, 1.807) is 0 Å². The van der Waals surface area contributed by atoms with Gasteiger partial charge in [0, 0.05) is 11.7 Å². The van der Waals surface area contributed by atoms with Gasteiger partial charge in [0.25, 0.3) is 5.91 Å². The number of nitrogens with zero attached hydrogens (tertiary/aromatic N) is 1. The number of carbonyl (C=O) groups excluding carboxylic acids is 1. The molecule has 1 amide bonds. The van der Waals surface area contributed by atoms with E-state index in [0.29, 0.717) is 6.04 Å². The van der Waals surface area contributed by atoms with Crippen LogP contribution in [-0.2, 0) is 11.0 Å². The summed E-state index contributed by atoms with van der Waals surface area (Å²) >= 11 is 11.2. The lowest BCUT2D eigenvalue weighted by Gasteiger charge is -2.35. The van der Waals surface area contributed by atoms with E-state index in [1.807, 2.05) is 0 Å². The quantitative estimate of drug-likeness (QED) is 0.601. The summed E-state index contributed by atoms with van der Waals surface area (Å²) in [6, 6.07) is 3.84. The van der Waals surface area contributed by atoms with Gasteiger partial charge in [-0.15, -0.1) is 0 Å². The van der Waals surface area contributed by atoms with Crippen LogP contribution in [0.4, 0.5) is 18.9 Å². The molecular weight excluding hydrogens is 437 g/mol. The number of piperazine rings is 1. The van der Waals surface area contributed by atoms with Crippen molar-refractivity contribution in [2.75, 3.05) is 38.0 Å². The van der Waals surface area contributed by atoms with E-state index in [2.05, 4.69) is 15.5 Å². The minimum absolute atomic E-state index is 0.0904. The molecule has 1 aliphatic carbocycles. The molecule has 2 aliphatic rings. The van der Waals surface area contributed by atoms with E-state index in [9.17, 15) is 18.0 Å². The molecule has 3 rings (SSSR count). The average molecular weight is 464 g/mol. The zero-order valence-electron chi connectivity index (χ0n) is 16.7. The van der Waals surface area contributed by atoms with Crippen molar-refractivity contribution < 1.29 is 22.9 Å². The first-order valence-electron chi connectivity index (χ1n) is 10.3. The summed E-state index contributed by atoms with van der Waals surface area (Å²) in [4.78, 5) is 15.5. The minimum atomic E-state index is -4.57. The largest absolute Gasteiger partial charge is 0.417 e. The predicted molar refractivity (Wildman–Crippen MR) is 115 cm³/mol. The first-order valence-corrected chi connectivity index (χ1v) is 11.1. The third-order valence-electron chi connectivity index (χ3n) is 5.66. The van der Waals surface area contributed by atoms with Crippen LogP contribution in [0, 0.1) is 0 Å². The molecule has 0 radical (unpaired) electrons. The number of quaternary nitrogens is 1. The van der Waals surface area contributed by atoms with Crippen LogP contribution >= 0.6 is 23.8 Å². The van der Waals surface area contributed by atoms with Crippen molar-refractivity contribution in [1.82, 2.24) is 10.2 Å². The highest BCUT2D eigenvalue weighted by molar-refractivity contribution is 7.80. The van der Waals surface area contributed by atoms with E-state index in [4.69, 9.17) is 23.8 Å². The Hall–Kier alpha value is -1.58. The standard InChI is InChI=1S/C20H26ClF3N4OS/c21-17-7-6-15(12-16(17)20(22,23)24)25-18(29)13-27-8-10-28(11-9-27)19(30)26-14-4-2-1-3-5-14/h6-7,12,14H,1-5,8-11,13H2,(H,25,29)(H,26,30)/p+1. The third-order valence-corrected chi connectivity index (χ3v) is 6.36. The number of hydrogen-bond acceptors (Lipinski definition) is 2. The molecule has 2 fully saturated rings. The minimum Gasteiger partial charge on any atom is -0.360 e. The highest BCUT2D eigenvalue weighted by atomic mass is 35.5. The predicted octanol–water partition coefficient (Wildman–Crippen LogP) is 2.71. The van der Waals surface area contributed by atoms with Crippen molar-refractivity contribution in [3.8, 4) is 0 Å². The van der Waals surface area contributed by atoms with Gasteiger partial charge in [-0.05, 0) is 43.3 Å². The van der Waals surface area contributed by atoms with Gasteiger partial charge >= 0.3 is 6.18 Å². The maximum absolute atomic E-state index is 13.0.